The molecule has 34 heavy (non-hydrogen) atoms. The Bertz CT molecular complexity index is 1300. The smallest absolute Gasteiger partial charge is 0.337 e. The van der Waals surface area contributed by atoms with Crippen molar-refractivity contribution in [3.05, 3.63) is 75.2 Å². The quantitative estimate of drug-likeness (QED) is 0.308. The van der Waals surface area contributed by atoms with Crippen molar-refractivity contribution in [2.24, 2.45) is 0 Å². The summed E-state index contributed by atoms with van der Waals surface area (Å²) >= 11 is 2.79. The van der Waals surface area contributed by atoms with Gasteiger partial charge in [-0.1, -0.05) is 24.8 Å². The number of ether oxygens (including phenoxy) is 1. The lowest BCUT2D eigenvalue weighted by Crippen LogP contribution is -2.25. The van der Waals surface area contributed by atoms with Gasteiger partial charge < -0.3 is 10.1 Å². The molecule has 2 aromatic carbocycles. The van der Waals surface area contributed by atoms with E-state index in [9.17, 15) is 14.4 Å². The summed E-state index contributed by atoms with van der Waals surface area (Å²) < 4.78 is 6.31. The molecule has 0 fully saturated rings. The number of carbonyl (C=O) groups is 2. The van der Waals surface area contributed by atoms with E-state index in [1.54, 1.807) is 40.6 Å². The number of methoxy groups -OCH3 is 1. The molecule has 4 rings (SSSR count). The third-order valence-electron chi connectivity index (χ3n) is 5.27. The molecule has 1 atom stereocenters. The number of aromatic nitrogens is 2. The Morgan fingerprint density at radius 3 is 2.50 bits per heavy atom. The van der Waals surface area contributed by atoms with Crippen molar-refractivity contribution in [1.82, 2.24) is 9.55 Å². The highest BCUT2D eigenvalue weighted by Crippen LogP contribution is 2.35. The van der Waals surface area contributed by atoms with Crippen LogP contribution in [-0.4, -0.2) is 39.5 Å². The highest BCUT2D eigenvalue weighted by atomic mass is 32.2. The van der Waals surface area contributed by atoms with E-state index in [4.69, 9.17) is 4.98 Å². The van der Waals surface area contributed by atoms with Gasteiger partial charge in [0.05, 0.1) is 34.7 Å². The van der Waals surface area contributed by atoms with Crippen molar-refractivity contribution in [3.63, 3.8) is 0 Å². The lowest BCUT2D eigenvalue weighted by molar-refractivity contribution is -0.113. The summed E-state index contributed by atoms with van der Waals surface area (Å²) in [5.74, 6) is -0.592. The van der Waals surface area contributed by atoms with Crippen LogP contribution >= 0.6 is 23.5 Å². The van der Waals surface area contributed by atoms with Gasteiger partial charge in [-0.3, -0.25) is 14.2 Å². The van der Waals surface area contributed by atoms with Gasteiger partial charge >= 0.3 is 5.97 Å². The lowest BCUT2D eigenvalue weighted by atomic mass is 10.1. The Hall–Kier alpha value is -3.04. The van der Waals surface area contributed by atoms with Crippen LogP contribution in [0.3, 0.4) is 0 Å². The summed E-state index contributed by atoms with van der Waals surface area (Å²) in [5.41, 5.74) is 4.52. The van der Waals surface area contributed by atoms with E-state index in [-0.39, 0.29) is 17.2 Å². The molecule has 0 saturated carbocycles. The van der Waals surface area contributed by atoms with Crippen LogP contribution in [0.2, 0.25) is 0 Å². The Balaban J connectivity index is 1.58. The van der Waals surface area contributed by atoms with Crippen LogP contribution in [0.4, 0.5) is 5.69 Å². The van der Waals surface area contributed by atoms with Crippen LogP contribution in [0.25, 0.3) is 5.69 Å². The maximum Gasteiger partial charge on any atom is 0.337 e. The van der Waals surface area contributed by atoms with Crippen molar-refractivity contribution in [1.29, 1.82) is 0 Å². The molecule has 9 heteroatoms. The van der Waals surface area contributed by atoms with Crippen LogP contribution in [0, 0.1) is 13.8 Å². The summed E-state index contributed by atoms with van der Waals surface area (Å²) in [6.07, 6.45) is 0.731. The maximum absolute atomic E-state index is 13.4. The van der Waals surface area contributed by atoms with Crippen molar-refractivity contribution in [3.8, 4) is 5.69 Å². The maximum atomic E-state index is 13.4. The van der Waals surface area contributed by atoms with Gasteiger partial charge in [0.2, 0.25) is 5.91 Å². The number of benzene rings is 2. The number of rotatable bonds is 6. The monoisotopic (exact) mass is 495 g/mol. The summed E-state index contributed by atoms with van der Waals surface area (Å²) in [6, 6.07) is 12.4. The molecule has 0 spiro atoms. The minimum atomic E-state index is -0.437. The molecule has 1 unspecified atom stereocenters. The standard InChI is InChI=1S/C25H25N3O4S2/c1-14-9-15(2)11-19(10-14)28-23(30)22-20(12-16(3)34-22)27-25(28)33-13-21(29)26-18-7-5-17(6-8-18)24(31)32-4/h5-11,16H,12-13H2,1-4H3,(H,26,29). The highest BCUT2D eigenvalue weighted by Gasteiger charge is 2.27. The number of anilines is 1. The van der Waals surface area contributed by atoms with Gasteiger partial charge in [0.1, 0.15) is 0 Å². The minimum absolute atomic E-state index is 0.0808. The summed E-state index contributed by atoms with van der Waals surface area (Å²) in [7, 11) is 1.32. The predicted molar refractivity (Wildman–Crippen MR) is 135 cm³/mol. The average molecular weight is 496 g/mol. The first kappa shape index (κ1) is 24.1. The van der Waals surface area contributed by atoms with Gasteiger partial charge in [0.25, 0.3) is 5.56 Å². The van der Waals surface area contributed by atoms with Gasteiger partial charge in [0, 0.05) is 17.4 Å². The summed E-state index contributed by atoms with van der Waals surface area (Å²) in [6.45, 7) is 6.06. The second-order valence-corrected chi connectivity index (χ2v) is 10.6. The fraction of sp³-hybridized carbons (Fsp3) is 0.280. The van der Waals surface area contributed by atoms with Crippen molar-refractivity contribution >= 4 is 41.1 Å². The number of thioether (sulfide) groups is 2. The Morgan fingerprint density at radius 1 is 1.18 bits per heavy atom. The van der Waals surface area contributed by atoms with E-state index in [0.29, 0.717) is 26.6 Å². The van der Waals surface area contributed by atoms with E-state index in [2.05, 4.69) is 23.0 Å². The molecule has 7 nitrogen and oxygen atoms in total. The fourth-order valence-electron chi connectivity index (χ4n) is 3.84. The number of hydrogen-bond donors (Lipinski definition) is 1. The zero-order valence-electron chi connectivity index (χ0n) is 19.4. The highest BCUT2D eigenvalue weighted by molar-refractivity contribution is 8.00. The molecule has 1 N–H and O–H groups in total. The molecular weight excluding hydrogens is 470 g/mol. The Morgan fingerprint density at radius 2 is 1.85 bits per heavy atom. The molecular formula is C25H25N3O4S2. The zero-order chi connectivity index (χ0) is 24.4. The normalized spacial score (nSPS) is 14.5. The van der Waals surface area contributed by atoms with E-state index in [1.165, 1.54) is 18.9 Å². The van der Waals surface area contributed by atoms with Crippen molar-refractivity contribution in [2.45, 2.75) is 42.5 Å². The molecule has 2 heterocycles. The Kier molecular flexibility index (Phi) is 7.13. The van der Waals surface area contributed by atoms with Crippen LogP contribution in [0.5, 0.6) is 0 Å². The van der Waals surface area contributed by atoms with Gasteiger partial charge in [-0.15, -0.1) is 11.8 Å². The Labute approximate surface area is 206 Å². The van der Waals surface area contributed by atoms with Crippen molar-refractivity contribution in [2.75, 3.05) is 18.2 Å². The number of nitrogens with one attached hydrogen (secondary N) is 1. The first-order chi connectivity index (χ1) is 16.2. The number of carbonyl (C=O) groups excluding carboxylic acids is 2. The van der Waals surface area contributed by atoms with Crippen LogP contribution in [-0.2, 0) is 16.0 Å². The average Bonchev–Trinajstić information content (AvgIpc) is 3.17. The van der Waals surface area contributed by atoms with E-state index in [0.717, 1.165) is 28.9 Å². The van der Waals surface area contributed by atoms with Gasteiger partial charge in [-0.2, -0.15) is 0 Å². The number of amides is 1. The number of fused-ring (bicyclic) bond motifs is 1. The zero-order valence-corrected chi connectivity index (χ0v) is 21.0. The fourth-order valence-corrected chi connectivity index (χ4v) is 5.76. The van der Waals surface area contributed by atoms with E-state index < -0.39 is 5.97 Å². The predicted octanol–water partition coefficient (Wildman–Crippen LogP) is 4.40. The van der Waals surface area contributed by atoms with Gasteiger partial charge in [-0.25, -0.2) is 9.78 Å². The summed E-state index contributed by atoms with van der Waals surface area (Å²) in [4.78, 5) is 43.1. The summed E-state index contributed by atoms with van der Waals surface area (Å²) in [5, 5.41) is 3.61. The molecule has 0 radical (unpaired) electrons. The lowest BCUT2D eigenvalue weighted by Gasteiger charge is -2.15. The first-order valence-electron chi connectivity index (χ1n) is 10.8. The molecule has 3 aromatic rings. The van der Waals surface area contributed by atoms with E-state index in [1.807, 2.05) is 26.0 Å². The third-order valence-corrected chi connectivity index (χ3v) is 7.42. The molecule has 1 aliphatic heterocycles. The second kappa shape index (κ2) is 10.1. The molecule has 1 amide bonds. The van der Waals surface area contributed by atoms with Crippen molar-refractivity contribution < 1.29 is 14.3 Å². The van der Waals surface area contributed by atoms with Crippen LogP contribution in [0.15, 0.2) is 57.3 Å². The minimum Gasteiger partial charge on any atom is -0.465 e. The molecule has 0 saturated heterocycles. The van der Waals surface area contributed by atoms with Crippen LogP contribution < -0.4 is 10.9 Å². The molecule has 1 aromatic heterocycles. The topological polar surface area (TPSA) is 90.3 Å². The van der Waals surface area contributed by atoms with E-state index >= 15 is 0 Å². The first-order valence-corrected chi connectivity index (χ1v) is 12.6. The molecule has 0 bridgehead atoms. The molecule has 176 valence electrons. The van der Waals surface area contributed by atoms with Gasteiger partial charge in [-0.05, 0) is 61.4 Å². The van der Waals surface area contributed by atoms with Crippen LogP contribution in [0.1, 0.15) is 34.1 Å². The number of hydrogen-bond acceptors (Lipinski definition) is 7. The molecule has 0 aliphatic carbocycles. The third kappa shape index (κ3) is 5.20. The largest absolute Gasteiger partial charge is 0.465 e. The molecule has 1 aliphatic rings. The number of aryl methyl sites for hydroxylation is 2. The van der Waals surface area contributed by atoms with Gasteiger partial charge in [0.15, 0.2) is 5.16 Å². The number of esters is 1. The SMILES string of the molecule is COC(=O)c1ccc(NC(=O)CSc2nc3c(c(=O)n2-c2cc(C)cc(C)c2)SC(C)C3)cc1. The number of nitrogens with zero attached hydrogens (tertiary/aromatic N) is 2. The second-order valence-electron chi connectivity index (χ2n) is 8.20.